The first-order chi connectivity index (χ1) is 7.74. The Labute approximate surface area is 93.1 Å². The molecule has 0 unspecified atom stereocenters. The van der Waals surface area contributed by atoms with Crippen molar-refractivity contribution in [3.05, 3.63) is 40.0 Å². The molecule has 0 saturated carbocycles. The van der Waals surface area contributed by atoms with Crippen LogP contribution in [-0.4, -0.2) is 17.3 Å². The summed E-state index contributed by atoms with van der Waals surface area (Å²) in [5.41, 5.74) is 9.21. The number of hydrogen-bond donors (Lipinski definition) is 0. The van der Waals surface area contributed by atoms with Crippen molar-refractivity contribution in [1.82, 2.24) is 4.98 Å². The molecular formula is C11H10N4O. The first kappa shape index (κ1) is 11.8. The van der Waals surface area contributed by atoms with Gasteiger partial charge in [-0.1, -0.05) is 17.0 Å². The Kier molecular flexibility index (Phi) is 4.58. The van der Waals surface area contributed by atoms with Crippen LogP contribution in [0.1, 0.15) is 29.4 Å². The van der Waals surface area contributed by atoms with Crippen LogP contribution in [0.25, 0.3) is 10.4 Å². The topological polar surface area (TPSA) is 78.7 Å². The SMILES string of the molecule is CC(=O)c1ccc(C#CCCN=[N+]=[N-])cn1. The van der Waals surface area contributed by atoms with Crippen LogP contribution in [0.2, 0.25) is 0 Å². The van der Waals surface area contributed by atoms with E-state index in [1.165, 1.54) is 6.92 Å². The normalized spacial score (nSPS) is 8.56. The lowest BCUT2D eigenvalue weighted by molar-refractivity contribution is 0.101. The van der Waals surface area contributed by atoms with E-state index >= 15 is 0 Å². The molecule has 0 N–H and O–H groups in total. The van der Waals surface area contributed by atoms with Crippen molar-refractivity contribution in [2.45, 2.75) is 13.3 Å². The maximum atomic E-state index is 10.9. The van der Waals surface area contributed by atoms with Gasteiger partial charge in [0.25, 0.3) is 0 Å². The van der Waals surface area contributed by atoms with E-state index in [1.54, 1.807) is 18.3 Å². The molecule has 5 nitrogen and oxygen atoms in total. The third-order valence-electron chi connectivity index (χ3n) is 1.76. The predicted molar refractivity (Wildman–Crippen MR) is 59.7 cm³/mol. The second kappa shape index (κ2) is 6.23. The minimum absolute atomic E-state index is 0.0668. The van der Waals surface area contributed by atoms with E-state index in [4.69, 9.17) is 5.53 Å². The first-order valence-electron chi connectivity index (χ1n) is 4.71. The number of carbonyl (C=O) groups is 1. The summed E-state index contributed by atoms with van der Waals surface area (Å²) in [6.07, 6.45) is 2.07. The van der Waals surface area contributed by atoms with Crippen LogP contribution in [0.4, 0.5) is 0 Å². The van der Waals surface area contributed by atoms with Crippen LogP contribution in [0.3, 0.4) is 0 Å². The first-order valence-corrected chi connectivity index (χ1v) is 4.71. The molecule has 80 valence electrons. The highest BCUT2D eigenvalue weighted by molar-refractivity contribution is 5.92. The Bertz CT molecular complexity index is 475. The van der Waals surface area contributed by atoms with Crippen molar-refractivity contribution in [3.8, 4) is 11.8 Å². The van der Waals surface area contributed by atoms with Gasteiger partial charge in [-0.25, -0.2) is 0 Å². The number of azide groups is 1. The molecule has 5 heteroatoms. The summed E-state index contributed by atoms with van der Waals surface area (Å²) in [4.78, 5) is 17.5. The molecule has 0 radical (unpaired) electrons. The minimum atomic E-state index is -0.0668. The van der Waals surface area contributed by atoms with Gasteiger partial charge in [0.1, 0.15) is 5.69 Å². The quantitative estimate of drug-likeness (QED) is 0.193. The maximum Gasteiger partial charge on any atom is 0.178 e. The van der Waals surface area contributed by atoms with Gasteiger partial charge in [-0.15, -0.1) is 0 Å². The van der Waals surface area contributed by atoms with Crippen molar-refractivity contribution in [2.75, 3.05) is 6.54 Å². The summed E-state index contributed by atoms with van der Waals surface area (Å²) in [5.74, 6) is 5.64. The zero-order valence-corrected chi connectivity index (χ0v) is 8.84. The lowest BCUT2D eigenvalue weighted by Crippen LogP contribution is -1.95. The molecule has 0 aromatic carbocycles. The summed E-state index contributed by atoms with van der Waals surface area (Å²) in [6, 6.07) is 3.38. The number of hydrogen-bond acceptors (Lipinski definition) is 3. The van der Waals surface area contributed by atoms with Crippen molar-refractivity contribution < 1.29 is 4.79 Å². The monoisotopic (exact) mass is 214 g/mol. The van der Waals surface area contributed by atoms with Gasteiger partial charge in [0.15, 0.2) is 5.78 Å². The molecule has 0 spiro atoms. The van der Waals surface area contributed by atoms with Crippen molar-refractivity contribution in [1.29, 1.82) is 0 Å². The number of aromatic nitrogens is 1. The molecule has 0 saturated heterocycles. The van der Waals surface area contributed by atoms with Gasteiger partial charge < -0.3 is 0 Å². The fraction of sp³-hybridized carbons (Fsp3) is 0.273. The van der Waals surface area contributed by atoms with Gasteiger partial charge >= 0.3 is 0 Å². The molecule has 0 atom stereocenters. The molecule has 1 heterocycles. The Hall–Kier alpha value is -2.31. The number of pyridine rings is 1. The van der Waals surface area contributed by atoms with Crippen LogP contribution in [0.5, 0.6) is 0 Å². The van der Waals surface area contributed by atoms with Crippen molar-refractivity contribution in [2.24, 2.45) is 5.11 Å². The Morgan fingerprint density at radius 1 is 1.62 bits per heavy atom. The summed E-state index contributed by atoms with van der Waals surface area (Å²) in [6.45, 7) is 1.83. The molecule has 16 heavy (non-hydrogen) atoms. The second-order valence-corrected chi connectivity index (χ2v) is 2.99. The summed E-state index contributed by atoms with van der Waals surface area (Å²) < 4.78 is 0. The standard InChI is InChI=1S/C11H10N4O/c1-9(16)11-6-5-10(8-13-11)4-2-3-7-14-15-12/h5-6,8H,3,7H2,1H3. The average Bonchev–Trinajstić information content (AvgIpc) is 2.29. The Morgan fingerprint density at radius 3 is 3.00 bits per heavy atom. The maximum absolute atomic E-state index is 10.9. The fourth-order valence-electron chi connectivity index (χ4n) is 0.991. The summed E-state index contributed by atoms with van der Waals surface area (Å²) in [7, 11) is 0. The molecule has 0 aliphatic heterocycles. The number of Topliss-reactive ketones (excluding diaryl/α,β-unsaturated/α-hetero) is 1. The molecule has 0 amide bonds. The minimum Gasteiger partial charge on any atom is -0.293 e. The highest BCUT2D eigenvalue weighted by Gasteiger charge is 1.98. The molecule has 0 aliphatic rings. The largest absolute Gasteiger partial charge is 0.293 e. The fourth-order valence-corrected chi connectivity index (χ4v) is 0.991. The van der Waals surface area contributed by atoms with E-state index < -0.39 is 0 Å². The third kappa shape index (κ3) is 3.82. The molecule has 1 rings (SSSR count). The van der Waals surface area contributed by atoms with Crippen LogP contribution >= 0.6 is 0 Å². The zero-order chi connectivity index (χ0) is 11.8. The van der Waals surface area contributed by atoms with E-state index in [2.05, 4.69) is 26.9 Å². The van der Waals surface area contributed by atoms with E-state index in [9.17, 15) is 4.79 Å². The molecule has 0 bridgehead atoms. The van der Waals surface area contributed by atoms with Gasteiger partial charge in [0.05, 0.1) is 0 Å². The van der Waals surface area contributed by atoms with Crippen LogP contribution in [-0.2, 0) is 0 Å². The van der Waals surface area contributed by atoms with Gasteiger partial charge in [-0.2, -0.15) is 0 Å². The van der Waals surface area contributed by atoms with Gasteiger partial charge in [0, 0.05) is 36.6 Å². The average molecular weight is 214 g/mol. The second-order valence-electron chi connectivity index (χ2n) is 2.99. The smallest absolute Gasteiger partial charge is 0.178 e. The van der Waals surface area contributed by atoms with Crippen LogP contribution in [0.15, 0.2) is 23.4 Å². The summed E-state index contributed by atoms with van der Waals surface area (Å²) >= 11 is 0. The van der Waals surface area contributed by atoms with E-state index in [1.807, 2.05) is 0 Å². The van der Waals surface area contributed by atoms with E-state index in [-0.39, 0.29) is 5.78 Å². The molecular weight excluding hydrogens is 204 g/mol. The number of nitrogens with zero attached hydrogens (tertiary/aromatic N) is 4. The zero-order valence-electron chi connectivity index (χ0n) is 8.84. The van der Waals surface area contributed by atoms with Gasteiger partial charge in [-0.05, 0) is 17.7 Å². The highest BCUT2D eigenvalue weighted by atomic mass is 16.1. The van der Waals surface area contributed by atoms with Crippen LogP contribution < -0.4 is 0 Å². The number of carbonyl (C=O) groups excluding carboxylic acids is 1. The molecule has 1 aromatic heterocycles. The molecule has 0 aliphatic carbocycles. The number of rotatable bonds is 3. The Morgan fingerprint density at radius 2 is 2.44 bits per heavy atom. The van der Waals surface area contributed by atoms with E-state index in [0.29, 0.717) is 18.7 Å². The highest BCUT2D eigenvalue weighted by Crippen LogP contribution is 1.99. The van der Waals surface area contributed by atoms with Crippen LogP contribution in [0, 0.1) is 11.8 Å². The predicted octanol–water partition coefficient (Wildman–Crippen LogP) is 2.34. The van der Waals surface area contributed by atoms with Crippen molar-refractivity contribution >= 4 is 5.78 Å². The van der Waals surface area contributed by atoms with Gasteiger partial charge in [-0.3, -0.25) is 9.78 Å². The number of ketones is 1. The lowest BCUT2D eigenvalue weighted by Gasteiger charge is -1.93. The Balaban J connectivity index is 2.61. The molecule has 1 aromatic rings. The van der Waals surface area contributed by atoms with Gasteiger partial charge in [0.2, 0.25) is 0 Å². The lowest BCUT2D eigenvalue weighted by atomic mass is 10.2. The molecule has 0 fully saturated rings. The van der Waals surface area contributed by atoms with E-state index in [0.717, 1.165) is 5.56 Å². The third-order valence-corrected chi connectivity index (χ3v) is 1.76. The van der Waals surface area contributed by atoms with Crippen molar-refractivity contribution in [3.63, 3.8) is 0 Å². The summed E-state index contributed by atoms with van der Waals surface area (Å²) in [5, 5.41) is 3.36.